The van der Waals surface area contributed by atoms with Crippen molar-refractivity contribution < 1.29 is 14.3 Å². The van der Waals surface area contributed by atoms with E-state index in [1.165, 1.54) is 6.08 Å². The number of amides is 2. The van der Waals surface area contributed by atoms with Gasteiger partial charge in [-0.15, -0.1) is 0 Å². The minimum Gasteiger partial charge on any atom is -0.444 e. The second kappa shape index (κ2) is 10.4. The maximum absolute atomic E-state index is 12.4. The maximum Gasteiger partial charge on any atom is 0.407 e. The van der Waals surface area contributed by atoms with Crippen LogP contribution in [0.3, 0.4) is 0 Å². The van der Waals surface area contributed by atoms with Crippen molar-refractivity contribution in [1.29, 1.82) is 0 Å². The standard InChI is InChI=1S/C26H35N3O3/c1-16(2)14-22-21(15-28-25(31)32-26(5,6)7)24(19-10-8-17(3)9-11-19)20(18(4)29-22)12-13-23(27)30/h8-13,16H,14-15H2,1-7H3,(H2,27,30)(H,28,31)/b13-12+. The van der Waals surface area contributed by atoms with Gasteiger partial charge in [-0.05, 0) is 64.2 Å². The van der Waals surface area contributed by atoms with Crippen LogP contribution in [-0.4, -0.2) is 22.6 Å². The van der Waals surface area contributed by atoms with Gasteiger partial charge < -0.3 is 15.8 Å². The van der Waals surface area contributed by atoms with Crippen LogP contribution >= 0.6 is 0 Å². The molecule has 0 radical (unpaired) electrons. The Kier molecular flexibility index (Phi) is 8.19. The molecule has 172 valence electrons. The number of nitrogens with one attached hydrogen (secondary N) is 1. The number of pyridine rings is 1. The van der Waals surface area contributed by atoms with Crippen LogP contribution in [-0.2, 0) is 22.5 Å². The highest BCUT2D eigenvalue weighted by Crippen LogP contribution is 2.33. The number of carbonyl (C=O) groups is 2. The predicted octanol–water partition coefficient (Wildman–Crippen LogP) is 5.09. The van der Waals surface area contributed by atoms with Crippen molar-refractivity contribution in [2.45, 2.75) is 67.0 Å². The average molecular weight is 438 g/mol. The van der Waals surface area contributed by atoms with Crippen LogP contribution in [0.5, 0.6) is 0 Å². The number of ether oxygens (including phenoxy) is 1. The number of alkyl carbamates (subject to hydrolysis) is 1. The summed E-state index contributed by atoms with van der Waals surface area (Å²) >= 11 is 0. The molecule has 1 heterocycles. The summed E-state index contributed by atoms with van der Waals surface area (Å²) in [5.41, 5.74) is 11.3. The third-order valence-corrected chi connectivity index (χ3v) is 4.78. The molecular weight excluding hydrogens is 402 g/mol. The minimum absolute atomic E-state index is 0.255. The van der Waals surface area contributed by atoms with Gasteiger partial charge in [-0.25, -0.2) is 4.79 Å². The fraction of sp³-hybridized carbons (Fsp3) is 0.423. The fourth-order valence-electron chi connectivity index (χ4n) is 3.46. The quantitative estimate of drug-likeness (QED) is 0.590. The zero-order valence-corrected chi connectivity index (χ0v) is 20.2. The van der Waals surface area contributed by atoms with Gasteiger partial charge in [0.2, 0.25) is 5.91 Å². The lowest BCUT2D eigenvalue weighted by Crippen LogP contribution is -2.32. The molecule has 0 saturated carbocycles. The Bertz CT molecular complexity index is 1000. The van der Waals surface area contributed by atoms with Gasteiger partial charge >= 0.3 is 6.09 Å². The number of rotatable bonds is 7. The van der Waals surface area contributed by atoms with Crippen LogP contribution < -0.4 is 11.1 Å². The fourth-order valence-corrected chi connectivity index (χ4v) is 3.46. The molecule has 0 bridgehead atoms. The van der Waals surface area contributed by atoms with E-state index in [0.29, 0.717) is 5.92 Å². The molecule has 1 aromatic heterocycles. The van der Waals surface area contributed by atoms with Crippen molar-refractivity contribution in [3.8, 4) is 11.1 Å². The van der Waals surface area contributed by atoms with E-state index in [4.69, 9.17) is 15.5 Å². The predicted molar refractivity (Wildman–Crippen MR) is 129 cm³/mol. The number of primary amides is 1. The number of carbonyl (C=O) groups excluding carboxylic acids is 2. The van der Waals surface area contributed by atoms with E-state index in [0.717, 1.165) is 45.6 Å². The number of benzene rings is 1. The number of aryl methyl sites for hydroxylation is 2. The second-order valence-electron chi connectivity index (χ2n) is 9.47. The van der Waals surface area contributed by atoms with Gasteiger partial charge in [0.1, 0.15) is 5.60 Å². The molecule has 0 aliphatic rings. The summed E-state index contributed by atoms with van der Waals surface area (Å²) in [6.07, 6.45) is 3.31. The molecule has 6 nitrogen and oxygen atoms in total. The summed E-state index contributed by atoms with van der Waals surface area (Å²) in [7, 11) is 0. The molecule has 3 N–H and O–H groups in total. The molecule has 1 aromatic carbocycles. The maximum atomic E-state index is 12.4. The zero-order valence-electron chi connectivity index (χ0n) is 20.2. The van der Waals surface area contributed by atoms with Crippen molar-refractivity contribution in [3.63, 3.8) is 0 Å². The highest BCUT2D eigenvalue weighted by Gasteiger charge is 2.21. The number of hydrogen-bond donors (Lipinski definition) is 2. The van der Waals surface area contributed by atoms with Gasteiger partial charge in [0.15, 0.2) is 0 Å². The lowest BCUT2D eigenvalue weighted by molar-refractivity contribution is -0.113. The monoisotopic (exact) mass is 437 g/mol. The normalized spacial score (nSPS) is 11.8. The molecule has 2 aromatic rings. The van der Waals surface area contributed by atoms with Crippen molar-refractivity contribution in [2.75, 3.05) is 0 Å². The highest BCUT2D eigenvalue weighted by molar-refractivity contribution is 5.92. The number of hydrogen-bond acceptors (Lipinski definition) is 4. The van der Waals surface area contributed by atoms with Crippen LogP contribution in [0.15, 0.2) is 30.3 Å². The Morgan fingerprint density at radius 2 is 1.78 bits per heavy atom. The molecule has 32 heavy (non-hydrogen) atoms. The Hall–Kier alpha value is -3.15. The summed E-state index contributed by atoms with van der Waals surface area (Å²) in [6, 6.07) is 8.17. The largest absolute Gasteiger partial charge is 0.444 e. The SMILES string of the molecule is Cc1ccc(-c2c(/C=C/C(N)=O)c(C)nc(CC(C)C)c2CNC(=O)OC(C)(C)C)cc1. The first-order valence-electron chi connectivity index (χ1n) is 10.9. The minimum atomic E-state index is -0.592. The summed E-state index contributed by atoms with van der Waals surface area (Å²) in [5, 5.41) is 2.89. The highest BCUT2D eigenvalue weighted by atomic mass is 16.6. The number of nitrogens with two attached hydrogens (primary N) is 1. The van der Waals surface area contributed by atoms with Gasteiger partial charge in [0.25, 0.3) is 0 Å². The molecule has 0 atom stereocenters. The van der Waals surface area contributed by atoms with E-state index in [2.05, 4.69) is 19.2 Å². The van der Waals surface area contributed by atoms with Crippen molar-refractivity contribution in [3.05, 3.63) is 58.4 Å². The molecule has 0 aliphatic carbocycles. The van der Waals surface area contributed by atoms with E-state index in [-0.39, 0.29) is 6.54 Å². The molecular formula is C26H35N3O3. The average Bonchev–Trinajstić information content (AvgIpc) is 2.64. The van der Waals surface area contributed by atoms with Crippen LogP contribution in [0, 0.1) is 19.8 Å². The molecule has 0 aliphatic heterocycles. The Labute approximate surface area is 191 Å². The molecule has 6 heteroatoms. The Balaban J connectivity index is 2.68. The lowest BCUT2D eigenvalue weighted by atomic mass is 9.89. The summed E-state index contributed by atoms with van der Waals surface area (Å²) in [5.74, 6) is -0.154. The number of aromatic nitrogens is 1. The second-order valence-corrected chi connectivity index (χ2v) is 9.47. The van der Waals surface area contributed by atoms with Crippen molar-refractivity contribution in [2.24, 2.45) is 11.7 Å². The Morgan fingerprint density at radius 3 is 2.31 bits per heavy atom. The Morgan fingerprint density at radius 1 is 1.16 bits per heavy atom. The summed E-state index contributed by atoms with van der Waals surface area (Å²) in [6.45, 7) is 14.0. The third-order valence-electron chi connectivity index (χ3n) is 4.78. The van der Waals surface area contributed by atoms with Gasteiger partial charge in [-0.2, -0.15) is 0 Å². The van der Waals surface area contributed by atoms with Gasteiger partial charge in [0.05, 0.1) is 0 Å². The van der Waals surface area contributed by atoms with Crippen LogP contribution in [0.1, 0.15) is 62.7 Å². The molecule has 2 rings (SSSR count). The van der Waals surface area contributed by atoms with E-state index < -0.39 is 17.6 Å². The van der Waals surface area contributed by atoms with Crippen LogP contribution in [0.2, 0.25) is 0 Å². The number of nitrogens with zero attached hydrogens (tertiary/aromatic N) is 1. The topological polar surface area (TPSA) is 94.3 Å². The molecule has 0 unspecified atom stereocenters. The van der Waals surface area contributed by atoms with Crippen molar-refractivity contribution >= 4 is 18.1 Å². The first-order valence-corrected chi connectivity index (χ1v) is 10.9. The molecule has 2 amide bonds. The lowest BCUT2D eigenvalue weighted by Gasteiger charge is -2.23. The van der Waals surface area contributed by atoms with Gasteiger partial charge in [0, 0.05) is 35.1 Å². The molecule has 0 spiro atoms. The van der Waals surface area contributed by atoms with E-state index in [9.17, 15) is 9.59 Å². The first kappa shape index (κ1) is 25.1. The van der Waals surface area contributed by atoms with E-state index in [1.807, 2.05) is 58.9 Å². The molecule has 0 fully saturated rings. The third kappa shape index (κ3) is 7.22. The van der Waals surface area contributed by atoms with Gasteiger partial charge in [-0.3, -0.25) is 9.78 Å². The van der Waals surface area contributed by atoms with Gasteiger partial charge in [-0.1, -0.05) is 43.7 Å². The van der Waals surface area contributed by atoms with Crippen molar-refractivity contribution in [1.82, 2.24) is 10.3 Å². The summed E-state index contributed by atoms with van der Waals surface area (Å²) < 4.78 is 5.43. The van der Waals surface area contributed by atoms with Crippen LogP contribution in [0.4, 0.5) is 4.79 Å². The zero-order chi connectivity index (χ0) is 24.1. The van der Waals surface area contributed by atoms with E-state index >= 15 is 0 Å². The van der Waals surface area contributed by atoms with E-state index in [1.54, 1.807) is 6.08 Å². The smallest absolute Gasteiger partial charge is 0.407 e. The van der Waals surface area contributed by atoms with Crippen LogP contribution in [0.25, 0.3) is 17.2 Å². The summed E-state index contributed by atoms with van der Waals surface area (Å²) in [4.78, 5) is 28.7. The molecule has 0 saturated heterocycles. The first-order chi connectivity index (χ1) is 14.9.